The summed E-state index contributed by atoms with van der Waals surface area (Å²) in [6.07, 6.45) is 2.96. The topological polar surface area (TPSA) is 0 Å². The Bertz CT molecular complexity index is 28.0. The van der Waals surface area contributed by atoms with Crippen molar-refractivity contribution < 1.29 is 108 Å². The Morgan fingerprint density at radius 1 is 1.45 bits per heavy atom. The van der Waals surface area contributed by atoms with Crippen LogP contribution in [0.15, 0.2) is 0 Å². The van der Waals surface area contributed by atoms with Crippen LogP contribution in [0.5, 0.6) is 0 Å². The second-order valence-corrected chi connectivity index (χ2v) is 1.86. The number of thiol groups is 1. The number of hydrogen-bond donors (Lipinski definition) is 1. The maximum absolute atomic E-state index is 4.26. The van der Waals surface area contributed by atoms with Crippen LogP contribution in [0.3, 0.4) is 0 Å². The van der Waals surface area contributed by atoms with Gasteiger partial charge in [-0.15, -0.1) is 5.08 Å². The molecule has 0 aromatic carbocycles. The molecular formula is C5H11S2W2Y2-. The molecule has 0 bridgehead atoms. The summed E-state index contributed by atoms with van der Waals surface area (Å²) in [5, 5.41) is 0.528. The predicted molar refractivity (Wildman–Crippen MR) is 41.2 cm³/mol. The van der Waals surface area contributed by atoms with Gasteiger partial charge in [0.25, 0.3) is 0 Å². The molecule has 0 aliphatic heterocycles. The standard InChI is InChI=1S/C4H8.CH4S2.2W.2Y/c1-3-4-2;2-1-3;;;;/h4H,1,3H2,2H3;2-3H,1H2;;;;/q-2;;;+2;;/p-1. The average molecular weight is 681 g/mol. The zero-order chi connectivity index (χ0) is 6.12. The predicted octanol–water partition coefficient (Wildman–Crippen LogP) is 1.85. The molecule has 6 heteroatoms. The van der Waals surface area contributed by atoms with E-state index in [1.807, 2.05) is 13.3 Å². The molecule has 0 atom stereocenters. The van der Waals surface area contributed by atoms with Gasteiger partial charge in [0.1, 0.15) is 0 Å². The summed E-state index contributed by atoms with van der Waals surface area (Å²) >= 11 is 7.86. The monoisotopic (exact) mass is 681 g/mol. The molecule has 62 valence electrons. The van der Waals surface area contributed by atoms with Gasteiger partial charge in [-0.1, -0.05) is 0 Å². The van der Waals surface area contributed by atoms with Crippen LogP contribution in [0, 0.1) is 13.3 Å². The minimum Gasteiger partial charge on any atom is -0.782 e. The van der Waals surface area contributed by atoms with Crippen molar-refractivity contribution in [3.8, 4) is 0 Å². The van der Waals surface area contributed by atoms with Crippen molar-refractivity contribution >= 4 is 25.3 Å². The van der Waals surface area contributed by atoms with Gasteiger partial charge in [0.05, 0.1) is 0 Å². The van der Waals surface area contributed by atoms with E-state index in [0.717, 1.165) is 6.42 Å². The smallest absolute Gasteiger partial charge is 0.782 e. The first-order chi connectivity index (χ1) is 3.33. The molecule has 0 nitrogen and oxygen atoms in total. The van der Waals surface area contributed by atoms with Crippen LogP contribution in [0.2, 0.25) is 0 Å². The van der Waals surface area contributed by atoms with E-state index in [-0.39, 0.29) is 108 Å². The normalized spacial score (nSPS) is 4.36. The third-order valence-corrected chi connectivity index (χ3v) is 0.289. The Balaban J connectivity index is -0.00000000848. The molecule has 0 spiro atoms. The molecule has 0 heterocycles. The molecular weight excluding hydrogens is 670 g/mol. The van der Waals surface area contributed by atoms with Crippen molar-refractivity contribution in [1.29, 1.82) is 0 Å². The van der Waals surface area contributed by atoms with Crippen molar-refractivity contribution in [3.05, 3.63) is 13.3 Å². The van der Waals surface area contributed by atoms with Gasteiger partial charge in [0.2, 0.25) is 0 Å². The van der Waals surface area contributed by atoms with E-state index >= 15 is 0 Å². The fraction of sp³-hybridized carbons (Fsp3) is 0.600. The third kappa shape index (κ3) is 77.2. The summed E-state index contributed by atoms with van der Waals surface area (Å²) in [4.78, 5) is 0. The summed E-state index contributed by atoms with van der Waals surface area (Å²) < 4.78 is 0. The van der Waals surface area contributed by atoms with Crippen LogP contribution in [0.25, 0.3) is 0 Å². The van der Waals surface area contributed by atoms with Gasteiger partial charge in [-0.25, -0.2) is 12.6 Å². The Kier molecular flexibility index (Phi) is 156. The Hall–Kier alpha value is 4.28. The van der Waals surface area contributed by atoms with E-state index in [2.05, 4.69) is 32.2 Å². The maximum atomic E-state index is 4.26. The molecule has 0 fully saturated rings. The number of unbranched alkanes of at least 4 members (excludes halogenated alkanes) is 1. The number of rotatable bonds is 1. The maximum Gasteiger partial charge on any atom is 2.00 e. The SMILES string of the molecule is [CH2-]C[CH-]C.[S-]CS.[W+2].[W].[Y].[Y]. The van der Waals surface area contributed by atoms with Crippen molar-refractivity contribution in [2.75, 3.05) is 5.08 Å². The van der Waals surface area contributed by atoms with Crippen LogP contribution < -0.4 is 0 Å². The van der Waals surface area contributed by atoms with Crippen molar-refractivity contribution in [1.82, 2.24) is 0 Å². The molecule has 0 saturated carbocycles. The van der Waals surface area contributed by atoms with Gasteiger partial charge in [-0.3, -0.25) is 0 Å². The summed E-state index contributed by atoms with van der Waals surface area (Å²) in [5.74, 6) is 0. The zero-order valence-corrected chi connectivity index (χ0v) is 19.8. The van der Waals surface area contributed by atoms with Gasteiger partial charge < -0.3 is 32.4 Å². The third-order valence-electron chi connectivity index (χ3n) is 0.289. The number of hydrogen-bond acceptors (Lipinski definition) is 2. The molecule has 0 aromatic rings. The van der Waals surface area contributed by atoms with Crippen LogP contribution in [-0.4, -0.2) is 5.08 Å². The Morgan fingerprint density at radius 2 is 1.55 bits per heavy atom. The summed E-state index contributed by atoms with van der Waals surface area (Å²) in [6, 6.07) is 0. The van der Waals surface area contributed by atoms with E-state index in [0.29, 0.717) is 5.08 Å². The van der Waals surface area contributed by atoms with E-state index in [1.165, 1.54) is 0 Å². The van der Waals surface area contributed by atoms with E-state index < -0.39 is 0 Å². The average Bonchev–Trinajstić information content (AvgIpc) is 1.69. The van der Waals surface area contributed by atoms with E-state index in [1.54, 1.807) is 0 Å². The molecule has 0 aromatic heterocycles. The first kappa shape index (κ1) is 36.2. The first-order valence-corrected chi connectivity index (χ1v) is 3.30. The van der Waals surface area contributed by atoms with Gasteiger partial charge in [-0.2, -0.15) is 6.92 Å². The Morgan fingerprint density at radius 3 is 1.55 bits per heavy atom. The van der Waals surface area contributed by atoms with Crippen molar-refractivity contribution in [2.45, 2.75) is 13.3 Å². The molecule has 0 saturated heterocycles. The minimum absolute atomic E-state index is 0. The molecule has 0 aliphatic rings. The van der Waals surface area contributed by atoms with Crippen LogP contribution in [-0.2, 0) is 120 Å². The second-order valence-electron chi connectivity index (χ2n) is 0.826. The van der Waals surface area contributed by atoms with Crippen molar-refractivity contribution in [3.63, 3.8) is 0 Å². The first-order valence-electron chi connectivity index (χ1n) is 2.09. The van der Waals surface area contributed by atoms with E-state index in [9.17, 15) is 0 Å². The quantitative estimate of drug-likeness (QED) is 0.251. The minimum atomic E-state index is 0. The van der Waals surface area contributed by atoms with Crippen LogP contribution in [0.1, 0.15) is 13.3 Å². The molecule has 2 radical (unpaired) electrons. The molecule has 0 unspecified atom stereocenters. The van der Waals surface area contributed by atoms with Crippen LogP contribution >= 0.6 is 12.6 Å². The van der Waals surface area contributed by atoms with Gasteiger partial charge in [0, 0.05) is 86.5 Å². The molecule has 0 amide bonds. The van der Waals surface area contributed by atoms with Crippen molar-refractivity contribution in [2.24, 2.45) is 0 Å². The molecule has 0 aliphatic carbocycles. The fourth-order valence-corrected chi connectivity index (χ4v) is 0. The molecule has 0 rings (SSSR count). The van der Waals surface area contributed by atoms with Crippen LogP contribution in [0.4, 0.5) is 0 Å². The summed E-state index contributed by atoms with van der Waals surface area (Å²) in [5.41, 5.74) is 0. The molecule has 11 heavy (non-hydrogen) atoms. The Labute approximate surface area is 161 Å². The van der Waals surface area contributed by atoms with Gasteiger partial charge >= 0.3 is 21.1 Å². The summed E-state index contributed by atoms with van der Waals surface area (Å²) in [6.45, 7) is 5.54. The van der Waals surface area contributed by atoms with Gasteiger partial charge in [-0.05, 0) is 0 Å². The summed E-state index contributed by atoms with van der Waals surface area (Å²) in [7, 11) is 0. The largest absolute Gasteiger partial charge is 2.00 e. The van der Waals surface area contributed by atoms with E-state index in [4.69, 9.17) is 0 Å². The zero-order valence-electron chi connectivity index (χ0n) is 6.53. The molecule has 0 N–H and O–H groups in total. The fourth-order valence-electron chi connectivity index (χ4n) is 0. The van der Waals surface area contributed by atoms with Gasteiger partial charge in [0.15, 0.2) is 0 Å². The second kappa shape index (κ2) is 47.5.